The molecule has 1 aliphatic heterocycles. The van der Waals surface area contributed by atoms with E-state index < -0.39 is 0 Å². The van der Waals surface area contributed by atoms with Gasteiger partial charge >= 0.3 is 5.97 Å². The monoisotopic (exact) mass is 538 g/mol. The predicted octanol–water partition coefficient (Wildman–Crippen LogP) is 5.69. The lowest BCUT2D eigenvalue weighted by Gasteiger charge is -2.30. The van der Waals surface area contributed by atoms with Gasteiger partial charge in [0, 0.05) is 29.3 Å². The fraction of sp³-hybridized carbons (Fsp3) is 0.379. The Bertz CT molecular complexity index is 1330. The van der Waals surface area contributed by atoms with Crippen molar-refractivity contribution in [3.8, 4) is 5.75 Å². The van der Waals surface area contributed by atoms with Crippen LogP contribution < -0.4 is 10.6 Å². The first-order valence-corrected chi connectivity index (χ1v) is 13.3. The largest absolute Gasteiger partial charge is 0.489 e. The highest BCUT2D eigenvalue weighted by atomic mass is 35.5. The maximum atomic E-state index is 12.1. The topological polar surface area (TPSA) is 102 Å². The molecule has 2 heterocycles. The van der Waals surface area contributed by atoms with Crippen LogP contribution >= 0.6 is 11.6 Å². The van der Waals surface area contributed by atoms with E-state index in [1.54, 1.807) is 18.2 Å². The lowest BCUT2D eigenvalue weighted by Crippen LogP contribution is -2.36. The van der Waals surface area contributed by atoms with E-state index >= 15 is 0 Å². The van der Waals surface area contributed by atoms with Gasteiger partial charge in [-0.1, -0.05) is 36.4 Å². The molecule has 9 heteroatoms. The average molecular weight is 539 g/mol. The minimum atomic E-state index is -0.0779. The summed E-state index contributed by atoms with van der Waals surface area (Å²) in [6.45, 7) is 12.8. The van der Waals surface area contributed by atoms with Crippen LogP contribution in [0.1, 0.15) is 50.3 Å². The van der Waals surface area contributed by atoms with E-state index in [1.165, 1.54) is 5.56 Å². The first-order chi connectivity index (χ1) is 18.3. The summed E-state index contributed by atoms with van der Waals surface area (Å²) < 4.78 is 10.9. The number of aromatic amines is 1. The molecule has 38 heavy (non-hydrogen) atoms. The Morgan fingerprint density at radius 2 is 2.03 bits per heavy atom. The summed E-state index contributed by atoms with van der Waals surface area (Å²) in [5.41, 5.74) is 4.07. The van der Waals surface area contributed by atoms with Crippen LogP contribution in [-0.2, 0) is 20.9 Å². The molecular weight excluding hydrogens is 504 g/mol. The van der Waals surface area contributed by atoms with Crippen LogP contribution in [0.15, 0.2) is 54.2 Å². The Morgan fingerprint density at radius 3 is 2.68 bits per heavy atom. The second kappa shape index (κ2) is 12.5. The zero-order valence-corrected chi connectivity index (χ0v) is 22.9. The quantitative estimate of drug-likeness (QED) is 0.157. The molecule has 8 nitrogen and oxygen atoms in total. The first-order valence-electron chi connectivity index (χ1n) is 12.9. The lowest BCUT2D eigenvalue weighted by atomic mass is 9.96. The molecule has 0 amide bonds. The SMILES string of the molecule is C=C(/N=C(\ON)c1ccc(OC(C)C)c(Cl)c1)c1cccc2c(CN3CCC(C(=O)OCC)CC3)c[nH]c12. The van der Waals surface area contributed by atoms with E-state index in [1.807, 2.05) is 39.1 Å². The number of nitrogens with two attached hydrogens (primary N) is 1. The number of rotatable bonds is 9. The highest BCUT2D eigenvalue weighted by Gasteiger charge is 2.26. The van der Waals surface area contributed by atoms with Crippen LogP contribution in [0.25, 0.3) is 16.6 Å². The van der Waals surface area contributed by atoms with Crippen LogP contribution in [0.3, 0.4) is 0 Å². The normalized spacial score (nSPS) is 15.2. The highest BCUT2D eigenvalue weighted by Crippen LogP contribution is 2.30. The number of hydrogen-bond acceptors (Lipinski definition) is 7. The van der Waals surface area contributed by atoms with Crippen molar-refractivity contribution in [1.29, 1.82) is 0 Å². The number of carbonyl (C=O) groups excluding carboxylic acids is 1. The maximum absolute atomic E-state index is 12.1. The van der Waals surface area contributed by atoms with E-state index in [2.05, 4.69) is 27.5 Å². The minimum Gasteiger partial charge on any atom is -0.489 e. The summed E-state index contributed by atoms with van der Waals surface area (Å²) in [6.07, 6.45) is 3.65. The van der Waals surface area contributed by atoms with E-state index in [0.29, 0.717) is 28.6 Å². The van der Waals surface area contributed by atoms with Crippen molar-refractivity contribution in [2.45, 2.75) is 46.3 Å². The van der Waals surface area contributed by atoms with Gasteiger partial charge in [0.05, 0.1) is 34.9 Å². The van der Waals surface area contributed by atoms with Crippen molar-refractivity contribution < 1.29 is 19.1 Å². The molecule has 1 aliphatic rings. The molecule has 2 aromatic carbocycles. The maximum Gasteiger partial charge on any atom is 0.309 e. The minimum absolute atomic E-state index is 0.000347. The zero-order valence-electron chi connectivity index (χ0n) is 22.1. The number of esters is 1. The van der Waals surface area contributed by atoms with Gasteiger partial charge in [0.25, 0.3) is 0 Å². The number of piperidine rings is 1. The number of carbonyl (C=O) groups is 1. The van der Waals surface area contributed by atoms with Crippen LogP contribution in [0.5, 0.6) is 5.75 Å². The van der Waals surface area contributed by atoms with Gasteiger partial charge in [-0.2, -0.15) is 5.90 Å². The van der Waals surface area contributed by atoms with E-state index in [-0.39, 0.29) is 23.9 Å². The Balaban J connectivity index is 1.50. The molecule has 202 valence electrons. The summed E-state index contributed by atoms with van der Waals surface area (Å²) >= 11 is 6.40. The molecule has 0 aliphatic carbocycles. The Labute approximate surface area is 228 Å². The molecule has 0 saturated carbocycles. The number of fused-ring (bicyclic) bond motifs is 1. The predicted molar refractivity (Wildman–Crippen MR) is 151 cm³/mol. The summed E-state index contributed by atoms with van der Waals surface area (Å²) in [6, 6.07) is 11.3. The molecule has 1 saturated heterocycles. The fourth-order valence-corrected chi connectivity index (χ4v) is 4.96. The van der Waals surface area contributed by atoms with Crippen molar-refractivity contribution in [1.82, 2.24) is 9.88 Å². The molecule has 4 rings (SSSR count). The van der Waals surface area contributed by atoms with Crippen molar-refractivity contribution in [3.05, 3.63) is 70.9 Å². The van der Waals surface area contributed by atoms with Gasteiger partial charge in [-0.3, -0.25) is 9.69 Å². The third-order valence-corrected chi connectivity index (χ3v) is 6.90. The molecule has 0 atom stereocenters. The second-order valence-corrected chi connectivity index (χ2v) is 10.0. The van der Waals surface area contributed by atoms with E-state index in [4.69, 9.17) is 31.8 Å². The van der Waals surface area contributed by atoms with Crippen molar-refractivity contribution in [2.24, 2.45) is 16.8 Å². The second-order valence-electron chi connectivity index (χ2n) is 9.64. The summed E-state index contributed by atoms with van der Waals surface area (Å²) in [4.78, 5) is 27.5. The molecule has 0 radical (unpaired) electrons. The number of para-hydroxylation sites is 1. The van der Waals surface area contributed by atoms with Crippen LogP contribution in [0.2, 0.25) is 5.02 Å². The first kappa shape index (κ1) is 27.7. The molecule has 1 aromatic heterocycles. The van der Waals surface area contributed by atoms with Crippen molar-refractivity contribution in [2.75, 3.05) is 19.7 Å². The van der Waals surface area contributed by atoms with E-state index in [9.17, 15) is 4.79 Å². The number of aliphatic imine (C=N–C) groups is 1. The molecule has 3 N–H and O–H groups in total. The highest BCUT2D eigenvalue weighted by molar-refractivity contribution is 6.32. The molecule has 0 bridgehead atoms. The fourth-order valence-electron chi connectivity index (χ4n) is 4.74. The average Bonchev–Trinajstić information content (AvgIpc) is 3.31. The molecule has 0 unspecified atom stereocenters. The van der Waals surface area contributed by atoms with Crippen molar-refractivity contribution >= 4 is 40.1 Å². The number of nitrogens with zero attached hydrogens (tertiary/aromatic N) is 2. The standard InChI is InChI=1S/C29H35ClN4O4/c1-5-36-29(35)20-11-13-34(14-12-20)17-22-16-32-27-23(7-6-8-24(22)27)19(4)33-28(38-31)21-9-10-26(25(30)15-21)37-18(2)3/h6-10,15-16,18,20,32H,4-5,11-14,17,31H2,1-3H3/b33-28-. The molecule has 1 fully saturated rings. The summed E-state index contributed by atoms with van der Waals surface area (Å²) in [7, 11) is 0. The van der Waals surface area contributed by atoms with Gasteiger partial charge in [-0.15, -0.1) is 0 Å². The van der Waals surface area contributed by atoms with Gasteiger partial charge in [-0.25, -0.2) is 4.99 Å². The van der Waals surface area contributed by atoms with E-state index in [0.717, 1.165) is 48.9 Å². The molecule has 3 aromatic rings. The smallest absolute Gasteiger partial charge is 0.309 e. The summed E-state index contributed by atoms with van der Waals surface area (Å²) in [5.74, 6) is 6.27. The Morgan fingerprint density at radius 1 is 1.26 bits per heavy atom. The molecular formula is C29H35ClN4O4. The lowest BCUT2D eigenvalue weighted by molar-refractivity contribution is -0.149. The van der Waals surface area contributed by atoms with Crippen molar-refractivity contribution in [3.63, 3.8) is 0 Å². The van der Waals surface area contributed by atoms with Gasteiger partial charge in [0.15, 0.2) is 0 Å². The number of hydrogen-bond donors (Lipinski definition) is 2. The van der Waals surface area contributed by atoms with Gasteiger partial charge < -0.3 is 19.3 Å². The van der Waals surface area contributed by atoms with Gasteiger partial charge in [-0.05, 0) is 70.5 Å². The van der Waals surface area contributed by atoms with Crippen LogP contribution in [-0.4, -0.2) is 47.6 Å². The zero-order chi connectivity index (χ0) is 27.2. The number of benzene rings is 2. The van der Waals surface area contributed by atoms with Crippen LogP contribution in [0, 0.1) is 5.92 Å². The number of aromatic nitrogens is 1. The molecule has 0 spiro atoms. The van der Waals surface area contributed by atoms with Crippen LogP contribution in [0.4, 0.5) is 0 Å². The Kier molecular flexibility index (Phi) is 9.09. The number of H-pyrrole nitrogens is 1. The third-order valence-electron chi connectivity index (χ3n) is 6.60. The van der Waals surface area contributed by atoms with Gasteiger partial charge in [0.1, 0.15) is 5.75 Å². The number of ether oxygens (including phenoxy) is 2. The van der Waals surface area contributed by atoms with Gasteiger partial charge in [0.2, 0.25) is 5.90 Å². The third kappa shape index (κ3) is 6.38. The number of nitrogens with one attached hydrogen (secondary N) is 1. The number of halogens is 1. The Hall–Kier alpha value is -3.33. The summed E-state index contributed by atoms with van der Waals surface area (Å²) in [5, 5.41) is 1.54. The number of likely N-dealkylation sites (tertiary alicyclic amines) is 1.